The molecule has 1 aromatic heterocycles. The molecule has 0 aliphatic rings. The molecule has 4 nitrogen and oxygen atoms in total. The van der Waals surface area contributed by atoms with Crippen molar-refractivity contribution in [1.29, 1.82) is 0 Å². The minimum atomic E-state index is -5.04. The predicted octanol–water partition coefficient (Wildman–Crippen LogP) is 5.68. The molecule has 1 amide bonds. The lowest BCUT2D eigenvalue weighted by atomic mass is 10.0. The van der Waals surface area contributed by atoms with E-state index in [1.54, 1.807) is 29.6 Å². The van der Waals surface area contributed by atoms with Crippen LogP contribution in [0.1, 0.15) is 21.5 Å². The third kappa shape index (κ3) is 4.86. The van der Waals surface area contributed by atoms with Gasteiger partial charge >= 0.3 is 12.4 Å². The first-order chi connectivity index (χ1) is 13.4. The summed E-state index contributed by atoms with van der Waals surface area (Å²) in [6.07, 6.45) is -10.1. The monoisotopic (exact) mass is 431 g/mol. The summed E-state index contributed by atoms with van der Waals surface area (Å²) in [4.78, 5) is 16.4. The Morgan fingerprint density at radius 3 is 2.00 bits per heavy atom. The molecule has 0 spiro atoms. The number of amides is 1. The van der Waals surface area contributed by atoms with Gasteiger partial charge < -0.3 is 5.73 Å². The Morgan fingerprint density at radius 1 is 0.931 bits per heavy atom. The van der Waals surface area contributed by atoms with Gasteiger partial charge in [-0.1, -0.05) is 12.1 Å². The van der Waals surface area contributed by atoms with Crippen LogP contribution in [0.4, 0.5) is 37.2 Å². The Morgan fingerprint density at radius 2 is 1.48 bits per heavy atom. The second-order valence-corrected chi connectivity index (χ2v) is 6.77. The highest BCUT2D eigenvalue weighted by Gasteiger charge is 2.37. The highest BCUT2D eigenvalue weighted by molar-refractivity contribution is 7.14. The number of nitrogens with two attached hydrogens (primary N) is 1. The van der Waals surface area contributed by atoms with Gasteiger partial charge in [-0.15, -0.1) is 11.3 Å². The number of hydrogen-bond donors (Lipinski definition) is 2. The summed E-state index contributed by atoms with van der Waals surface area (Å²) in [5, 5.41) is 3.83. The standard InChI is InChI=1S/C18H11F6N3OS/c19-17(20,21)11-5-10(6-12(7-11)18(22,23)24)15(28)27-16-26-14(8-29-16)9-1-3-13(25)4-2-9/h1-8H,25H2,(H,26,27,28). The van der Waals surface area contributed by atoms with Crippen LogP contribution in [0.25, 0.3) is 11.3 Å². The maximum Gasteiger partial charge on any atom is 0.416 e. The second-order valence-electron chi connectivity index (χ2n) is 5.91. The van der Waals surface area contributed by atoms with Crippen molar-refractivity contribution in [2.45, 2.75) is 12.4 Å². The number of carbonyl (C=O) groups excluding carboxylic acids is 1. The summed E-state index contributed by atoms with van der Waals surface area (Å²) in [6, 6.07) is 7.30. The number of benzene rings is 2. The maximum absolute atomic E-state index is 12.9. The highest BCUT2D eigenvalue weighted by atomic mass is 32.1. The van der Waals surface area contributed by atoms with Crippen LogP contribution in [0.2, 0.25) is 0 Å². The molecule has 0 radical (unpaired) electrons. The topological polar surface area (TPSA) is 68.0 Å². The normalized spacial score (nSPS) is 12.1. The lowest BCUT2D eigenvalue weighted by molar-refractivity contribution is -0.143. The van der Waals surface area contributed by atoms with Crippen LogP contribution in [0.15, 0.2) is 47.8 Å². The number of rotatable bonds is 3. The number of anilines is 2. The fraction of sp³-hybridized carbons (Fsp3) is 0.111. The average Bonchev–Trinajstić information content (AvgIpc) is 3.09. The Labute approximate surface area is 164 Å². The molecule has 0 saturated carbocycles. The molecule has 2 aromatic carbocycles. The lowest BCUT2D eigenvalue weighted by Gasteiger charge is -2.13. The van der Waals surface area contributed by atoms with Gasteiger partial charge in [0, 0.05) is 22.2 Å². The van der Waals surface area contributed by atoms with Crippen LogP contribution >= 0.6 is 11.3 Å². The molecule has 0 unspecified atom stereocenters. The van der Waals surface area contributed by atoms with E-state index in [0.717, 1.165) is 11.3 Å². The molecular formula is C18H11F6N3OS. The van der Waals surface area contributed by atoms with Crippen LogP contribution in [-0.4, -0.2) is 10.9 Å². The molecule has 29 heavy (non-hydrogen) atoms. The molecule has 1 heterocycles. The van der Waals surface area contributed by atoms with E-state index in [9.17, 15) is 31.1 Å². The summed E-state index contributed by atoms with van der Waals surface area (Å²) in [5.74, 6) is -1.14. The number of hydrogen-bond acceptors (Lipinski definition) is 4. The first-order valence-corrected chi connectivity index (χ1v) is 8.74. The van der Waals surface area contributed by atoms with Gasteiger partial charge in [0.2, 0.25) is 0 Å². The van der Waals surface area contributed by atoms with Gasteiger partial charge in [-0.25, -0.2) is 4.98 Å². The van der Waals surface area contributed by atoms with Crippen LogP contribution in [0.5, 0.6) is 0 Å². The van der Waals surface area contributed by atoms with Crippen molar-refractivity contribution in [1.82, 2.24) is 4.98 Å². The number of nitrogens with zero attached hydrogens (tertiary/aromatic N) is 1. The number of aromatic nitrogens is 1. The van der Waals surface area contributed by atoms with E-state index in [2.05, 4.69) is 10.3 Å². The van der Waals surface area contributed by atoms with Gasteiger partial charge in [0.25, 0.3) is 5.91 Å². The van der Waals surface area contributed by atoms with E-state index in [0.29, 0.717) is 29.1 Å². The zero-order chi connectivity index (χ0) is 21.4. The van der Waals surface area contributed by atoms with Gasteiger partial charge in [0.15, 0.2) is 5.13 Å². The Bertz CT molecular complexity index is 1010. The molecule has 0 bridgehead atoms. The number of nitrogen functional groups attached to an aromatic ring is 1. The quantitative estimate of drug-likeness (QED) is 0.414. The molecule has 11 heteroatoms. The third-order valence-electron chi connectivity index (χ3n) is 3.78. The molecule has 0 aliphatic carbocycles. The molecule has 3 rings (SSSR count). The molecule has 3 aromatic rings. The Hall–Kier alpha value is -3.08. The molecule has 0 atom stereocenters. The SMILES string of the molecule is Nc1ccc(-c2csc(NC(=O)c3cc(C(F)(F)F)cc(C(F)(F)F)c3)n2)cc1. The lowest BCUT2D eigenvalue weighted by Crippen LogP contribution is -2.17. The van der Waals surface area contributed by atoms with Gasteiger partial charge in [0.1, 0.15) is 0 Å². The van der Waals surface area contributed by atoms with Crippen molar-refractivity contribution >= 4 is 28.1 Å². The van der Waals surface area contributed by atoms with Crippen molar-refractivity contribution < 1.29 is 31.1 Å². The Kier molecular flexibility index (Phi) is 5.26. The zero-order valence-electron chi connectivity index (χ0n) is 14.2. The predicted molar refractivity (Wildman–Crippen MR) is 96.4 cm³/mol. The number of thiazole rings is 1. The summed E-state index contributed by atoms with van der Waals surface area (Å²) in [7, 11) is 0. The van der Waals surface area contributed by atoms with E-state index in [-0.39, 0.29) is 11.2 Å². The van der Waals surface area contributed by atoms with Crippen LogP contribution < -0.4 is 11.1 Å². The van der Waals surface area contributed by atoms with Crippen molar-refractivity contribution in [2.24, 2.45) is 0 Å². The fourth-order valence-corrected chi connectivity index (χ4v) is 3.09. The molecule has 0 saturated heterocycles. The maximum atomic E-state index is 12.9. The zero-order valence-corrected chi connectivity index (χ0v) is 15.0. The highest BCUT2D eigenvalue weighted by Crippen LogP contribution is 2.36. The van der Waals surface area contributed by atoms with Crippen molar-refractivity contribution in [3.8, 4) is 11.3 Å². The summed E-state index contributed by atoms with van der Waals surface area (Å²) in [5.41, 5.74) is 3.34. The number of alkyl halides is 6. The molecule has 3 N–H and O–H groups in total. The molecule has 0 fully saturated rings. The van der Waals surface area contributed by atoms with E-state index < -0.39 is 35.0 Å². The number of carbonyl (C=O) groups is 1. The summed E-state index contributed by atoms with van der Waals surface area (Å²) < 4.78 is 77.6. The number of halogens is 6. The molecule has 0 aliphatic heterocycles. The number of nitrogens with one attached hydrogen (secondary N) is 1. The minimum absolute atomic E-state index is 0.0211. The van der Waals surface area contributed by atoms with Gasteiger partial charge in [-0.05, 0) is 30.3 Å². The van der Waals surface area contributed by atoms with E-state index >= 15 is 0 Å². The first-order valence-electron chi connectivity index (χ1n) is 7.86. The summed E-state index contributed by atoms with van der Waals surface area (Å²) >= 11 is 0.972. The van der Waals surface area contributed by atoms with Gasteiger partial charge in [-0.3, -0.25) is 10.1 Å². The van der Waals surface area contributed by atoms with Crippen molar-refractivity contribution in [2.75, 3.05) is 11.1 Å². The smallest absolute Gasteiger partial charge is 0.399 e. The van der Waals surface area contributed by atoms with Gasteiger partial charge in [0.05, 0.1) is 16.8 Å². The third-order valence-corrected chi connectivity index (χ3v) is 4.54. The van der Waals surface area contributed by atoms with Crippen molar-refractivity contribution in [3.05, 3.63) is 64.5 Å². The average molecular weight is 431 g/mol. The molecular weight excluding hydrogens is 420 g/mol. The largest absolute Gasteiger partial charge is 0.416 e. The summed E-state index contributed by atoms with van der Waals surface area (Å²) in [6.45, 7) is 0. The fourth-order valence-electron chi connectivity index (χ4n) is 2.37. The van der Waals surface area contributed by atoms with Crippen LogP contribution in [-0.2, 0) is 12.4 Å². The van der Waals surface area contributed by atoms with Crippen LogP contribution in [0.3, 0.4) is 0 Å². The van der Waals surface area contributed by atoms with Gasteiger partial charge in [-0.2, -0.15) is 26.3 Å². The first kappa shape index (κ1) is 20.6. The Balaban J connectivity index is 1.88. The van der Waals surface area contributed by atoms with E-state index in [1.807, 2.05) is 0 Å². The minimum Gasteiger partial charge on any atom is -0.399 e. The van der Waals surface area contributed by atoms with E-state index in [1.165, 1.54) is 0 Å². The van der Waals surface area contributed by atoms with Crippen molar-refractivity contribution in [3.63, 3.8) is 0 Å². The van der Waals surface area contributed by atoms with E-state index in [4.69, 9.17) is 5.73 Å². The second kappa shape index (κ2) is 7.39. The molecule has 152 valence electrons. The van der Waals surface area contributed by atoms with Crippen LogP contribution in [0, 0.1) is 0 Å².